The highest BCUT2D eigenvalue weighted by Gasteiger charge is 2.09. The van der Waals surface area contributed by atoms with Crippen LogP contribution in [0.15, 0.2) is 59.2 Å². The SMILES string of the molecule is N=C(N)c1ccc(Br)cc1Oc1cnc2ccccc2c1. The van der Waals surface area contributed by atoms with Gasteiger partial charge in [0.15, 0.2) is 0 Å². The molecule has 5 heteroatoms. The summed E-state index contributed by atoms with van der Waals surface area (Å²) in [6, 6.07) is 15.1. The Balaban J connectivity index is 2.02. The number of halogens is 1. The van der Waals surface area contributed by atoms with Gasteiger partial charge >= 0.3 is 0 Å². The van der Waals surface area contributed by atoms with Crippen LogP contribution in [0.5, 0.6) is 11.5 Å². The number of nitrogen functional groups attached to an aromatic ring is 1. The maximum absolute atomic E-state index is 7.61. The summed E-state index contributed by atoms with van der Waals surface area (Å²) in [5.41, 5.74) is 7.04. The van der Waals surface area contributed by atoms with E-state index in [2.05, 4.69) is 20.9 Å². The third-order valence-corrected chi connectivity index (χ3v) is 3.52. The number of nitrogens with one attached hydrogen (secondary N) is 1. The molecule has 0 atom stereocenters. The largest absolute Gasteiger partial charge is 0.455 e. The normalized spacial score (nSPS) is 10.5. The molecule has 0 saturated heterocycles. The molecule has 21 heavy (non-hydrogen) atoms. The Kier molecular flexibility index (Phi) is 3.58. The molecule has 0 saturated carbocycles. The lowest BCUT2D eigenvalue weighted by Crippen LogP contribution is -2.12. The highest BCUT2D eigenvalue weighted by atomic mass is 79.9. The van der Waals surface area contributed by atoms with Gasteiger partial charge in [0.05, 0.1) is 17.3 Å². The molecular weight excluding hydrogens is 330 g/mol. The van der Waals surface area contributed by atoms with E-state index in [1.165, 1.54) is 0 Å². The number of hydrogen-bond donors (Lipinski definition) is 2. The van der Waals surface area contributed by atoms with Crippen LogP contribution in [0.3, 0.4) is 0 Å². The number of hydrogen-bond acceptors (Lipinski definition) is 3. The van der Waals surface area contributed by atoms with Gasteiger partial charge in [0.2, 0.25) is 0 Å². The van der Waals surface area contributed by atoms with E-state index in [9.17, 15) is 0 Å². The summed E-state index contributed by atoms with van der Waals surface area (Å²) in [6.45, 7) is 0. The highest BCUT2D eigenvalue weighted by molar-refractivity contribution is 9.10. The second kappa shape index (κ2) is 5.54. The first-order chi connectivity index (χ1) is 10.1. The van der Waals surface area contributed by atoms with Crippen molar-refractivity contribution in [2.24, 2.45) is 5.73 Å². The van der Waals surface area contributed by atoms with Crippen LogP contribution in [0, 0.1) is 5.41 Å². The van der Waals surface area contributed by atoms with Crippen LogP contribution in [0.25, 0.3) is 10.9 Å². The predicted octanol–water partition coefficient (Wildman–Crippen LogP) is 4.07. The number of nitrogens with two attached hydrogens (primary N) is 1. The van der Waals surface area contributed by atoms with E-state index in [0.717, 1.165) is 15.4 Å². The smallest absolute Gasteiger partial charge is 0.146 e. The zero-order valence-electron chi connectivity index (χ0n) is 11.0. The minimum Gasteiger partial charge on any atom is -0.455 e. The fraction of sp³-hybridized carbons (Fsp3) is 0. The summed E-state index contributed by atoms with van der Waals surface area (Å²) >= 11 is 3.39. The molecule has 3 rings (SSSR count). The van der Waals surface area contributed by atoms with Gasteiger partial charge in [-0.2, -0.15) is 0 Å². The molecule has 3 N–H and O–H groups in total. The zero-order chi connectivity index (χ0) is 14.8. The fourth-order valence-corrected chi connectivity index (χ4v) is 2.38. The first-order valence-electron chi connectivity index (χ1n) is 6.30. The van der Waals surface area contributed by atoms with Crippen molar-refractivity contribution in [3.8, 4) is 11.5 Å². The Morgan fingerprint density at radius 1 is 1.14 bits per heavy atom. The summed E-state index contributed by atoms with van der Waals surface area (Å²) in [4.78, 5) is 4.35. The second-order valence-corrected chi connectivity index (χ2v) is 5.44. The summed E-state index contributed by atoms with van der Waals surface area (Å²) in [5.74, 6) is 1.09. The van der Waals surface area contributed by atoms with Crippen molar-refractivity contribution < 1.29 is 4.74 Å². The van der Waals surface area contributed by atoms with Crippen molar-refractivity contribution in [1.82, 2.24) is 4.98 Å². The number of nitrogens with zero attached hydrogens (tertiary/aromatic N) is 1. The van der Waals surface area contributed by atoms with Crippen LogP contribution in [-0.4, -0.2) is 10.8 Å². The quantitative estimate of drug-likeness (QED) is 0.557. The number of pyridine rings is 1. The first kappa shape index (κ1) is 13.6. The van der Waals surface area contributed by atoms with Crippen molar-refractivity contribution >= 4 is 32.7 Å². The van der Waals surface area contributed by atoms with Gasteiger partial charge in [-0.15, -0.1) is 0 Å². The van der Waals surface area contributed by atoms with E-state index in [0.29, 0.717) is 17.1 Å². The highest BCUT2D eigenvalue weighted by Crippen LogP contribution is 2.29. The number of aromatic nitrogens is 1. The molecule has 0 spiro atoms. The third-order valence-electron chi connectivity index (χ3n) is 3.03. The van der Waals surface area contributed by atoms with Gasteiger partial charge in [-0.05, 0) is 30.3 Å². The van der Waals surface area contributed by atoms with Crippen LogP contribution >= 0.6 is 15.9 Å². The van der Waals surface area contributed by atoms with Crippen molar-refractivity contribution in [3.05, 3.63) is 64.8 Å². The standard InChI is InChI=1S/C16H12BrN3O/c17-11-5-6-13(16(18)19)15(8-11)21-12-7-10-3-1-2-4-14(10)20-9-12/h1-9H,(H3,18,19). The molecule has 1 heterocycles. The van der Waals surface area contributed by atoms with E-state index < -0.39 is 0 Å². The summed E-state index contributed by atoms with van der Waals surface area (Å²) in [5, 5.41) is 8.61. The summed E-state index contributed by atoms with van der Waals surface area (Å²) in [6.07, 6.45) is 1.66. The number of benzene rings is 2. The lowest BCUT2D eigenvalue weighted by Gasteiger charge is -2.11. The van der Waals surface area contributed by atoms with Crippen LogP contribution in [-0.2, 0) is 0 Å². The van der Waals surface area contributed by atoms with E-state index in [1.54, 1.807) is 18.3 Å². The van der Waals surface area contributed by atoms with Crippen molar-refractivity contribution in [2.75, 3.05) is 0 Å². The number of para-hydroxylation sites is 1. The molecule has 0 bridgehead atoms. The van der Waals surface area contributed by atoms with Crippen molar-refractivity contribution in [3.63, 3.8) is 0 Å². The Morgan fingerprint density at radius 2 is 1.95 bits per heavy atom. The molecule has 0 aliphatic heterocycles. The van der Waals surface area contributed by atoms with Crippen LogP contribution in [0.2, 0.25) is 0 Å². The molecule has 3 aromatic rings. The Hall–Kier alpha value is -2.40. The lowest BCUT2D eigenvalue weighted by molar-refractivity contribution is 0.480. The maximum atomic E-state index is 7.61. The van der Waals surface area contributed by atoms with E-state index in [-0.39, 0.29) is 5.84 Å². The van der Waals surface area contributed by atoms with E-state index >= 15 is 0 Å². The lowest BCUT2D eigenvalue weighted by atomic mass is 10.2. The van der Waals surface area contributed by atoms with Gasteiger partial charge in [0.1, 0.15) is 17.3 Å². The molecule has 104 valence electrons. The first-order valence-corrected chi connectivity index (χ1v) is 7.09. The number of fused-ring (bicyclic) bond motifs is 1. The van der Waals surface area contributed by atoms with E-state index in [4.69, 9.17) is 15.9 Å². The van der Waals surface area contributed by atoms with Gasteiger partial charge in [-0.3, -0.25) is 10.4 Å². The van der Waals surface area contributed by atoms with Gasteiger partial charge in [-0.25, -0.2) is 0 Å². The molecule has 1 aromatic heterocycles. The van der Waals surface area contributed by atoms with Gasteiger partial charge < -0.3 is 10.5 Å². The molecule has 0 aliphatic rings. The average molecular weight is 342 g/mol. The van der Waals surface area contributed by atoms with Crippen LogP contribution in [0.1, 0.15) is 5.56 Å². The molecule has 0 aliphatic carbocycles. The Bertz CT molecular complexity index is 833. The average Bonchev–Trinajstić information content (AvgIpc) is 2.47. The molecule has 4 nitrogen and oxygen atoms in total. The van der Waals surface area contributed by atoms with Crippen molar-refractivity contribution in [1.29, 1.82) is 5.41 Å². The van der Waals surface area contributed by atoms with Crippen LogP contribution < -0.4 is 10.5 Å². The molecule has 0 unspecified atom stereocenters. The Morgan fingerprint density at radius 3 is 2.76 bits per heavy atom. The molecule has 2 aromatic carbocycles. The van der Waals surface area contributed by atoms with Crippen LogP contribution in [0.4, 0.5) is 0 Å². The third kappa shape index (κ3) is 2.87. The fourth-order valence-electron chi connectivity index (χ4n) is 2.04. The molecule has 0 amide bonds. The zero-order valence-corrected chi connectivity index (χ0v) is 12.6. The number of ether oxygens (including phenoxy) is 1. The van der Waals surface area contributed by atoms with Gasteiger partial charge in [-0.1, -0.05) is 34.1 Å². The van der Waals surface area contributed by atoms with Gasteiger partial charge in [0.25, 0.3) is 0 Å². The van der Waals surface area contributed by atoms with Crippen molar-refractivity contribution in [2.45, 2.75) is 0 Å². The number of rotatable bonds is 3. The second-order valence-electron chi connectivity index (χ2n) is 4.52. The molecule has 0 radical (unpaired) electrons. The monoisotopic (exact) mass is 341 g/mol. The predicted molar refractivity (Wildman–Crippen MR) is 87.0 cm³/mol. The molecule has 0 fully saturated rings. The topological polar surface area (TPSA) is 72.0 Å². The minimum atomic E-state index is -0.0359. The number of amidine groups is 1. The summed E-state index contributed by atoms with van der Waals surface area (Å²) in [7, 11) is 0. The summed E-state index contributed by atoms with van der Waals surface area (Å²) < 4.78 is 6.70. The molecular formula is C16H12BrN3O. The minimum absolute atomic E-state index is 0.0359. The maximum Gasteiger partial charge on any atom is 0.146 e. The van der Waals surface area contributed by atoms with Gasteiger partial charge in [0, 0.05) is 9.86 Å². The Labute approximate surface area is 130 Å². The van der Waals surface area contributed by atoms with E-state index in [1.807, 2.05) is 36.4 Å².